The Morgan fingerprint density at radius 3 is 3.00 bits per heavy atom. The van der Waals surface area contributed by atoms with Crippen molar-refractivity contribution < 1.29 is 9.53 Å². The number of nitrogens with one attached hydrogen (secondary N) is 1. The predicted molar refractivity (Wildman–Crippen MR) is 94.8 cm³/mol. The lowest BCUT2D eigenvalue weighted by Gasteiger charge is -2.39. The van der Waals surface area contributed by atoms with Crippen LogP contribution < -0.4 is 5.32 Å². The van der Waals surface area contributed by atoms with Crippen molar-refractivity contribution in [3.05, 3.63) is 45.4 Å². The molecule has 1 saturated heterocycles. The third-order valence-electron chi connectivity index (χ3n) is 3.77. The Kier molecular flexibility index (Phi) is 5.30. The van der Waals surface area contributed by atoms with E-state index < -0.39 is 0 Å². The van der Waals surface area contributed by atoms with E-state index in [1.807, 2.05) is 22.4 Å². The summed E-state index contributed by atoms with van der Waals surface area (Å²) >= 11 is 4.99. The first-order chi connectivity index (χ1) is 11.2. The Hall–Kier alpha value is -1.44. The normalized spacial score (nSPS) is 14.6. The van der Waals surface area contributed by atoms with E-state index in [9.17, 15) is 4.79 Å². The standard InChI is InChI=1S/C16H18BrN3O2S/c1-22-9-13-10-23-15(18-13)19-16(21)20-7-11(8-20)6-12-4-2-3-5-14(12)17/h2-5,10-11H,6-9H2,1H3,(H,18,19,21). The maximum Gasteiger partial charge on any atom is 0.323 e. The Morgan fingerprint density at radius 1 is 1.48 bits per heavy atom. The van der Waals surface area contributed by atoms with Crippen molar-refractivity contribution in [3.63, 3.8) is 0 Å². The molecule has 122 valence electrons. The van der Waals surface area contributed by atoms with Crippen LogP contribution in [0.25, 0.3) is 0 Å². The predicted octanol–water partition coefficient (Wildman–Crippen LogP) is 3.76. The molecule has 1 fully saturated rings. The highest BCUT2D eigenvalue weighted by Gasteiger charge is 2.31. The Labute approximate surface area is 147 Å². The summed E-state index contributed by atoms with van der Waals surface area (Å²) in [5.74, 6) is 0.514. The summed E-state index contributed by atoms with van der Waals surface area (Å²) in [7, 11) is 1.63. The number of methoxy groups -OCH3 is 1. The van der Waals surface area contributed by atoms with Gasteiger partial charge in [-0.15, -0.1) is 11.3 Å². The largest absolute Gasteiger partial charge is 0.378 e. The summed E-state index contributed by atoms with van der Waals surface area (Å²) in [6.45, 7) is 2.02. The van der Waals surface area contributed by atoms with Crippen molar-refractivity contribution in [1.82, 2.24) is 9.88 Å². The number of likely N-dealkylation sites (tertiary alicyclic amines) is 1. The van der Waals surface area contributed by atoms with Crippen LogP contribution >= 0.6 is 27.3 Å². The number of rotatable bonds is 5. The fourth-order valence-corrected chi connectivity index (χ4v) is 3.72. The van der Waals surface area contributed by atoms with E-state index in [-0.39, 0.29) is 6.03 Å². The van der Waals surface area contributed by atoms with Gasteiger partial charge < -0.3 is 9.64 Å². The molecule has 0 radical (unpaired) electrons. The van der Waals surface area contributed by atoms with Gasteiger partial charge in [-0.1, -0.05) is 34.1 Å². The third-order valence-corrected chi connectivity index (χ3v) is 5.35. The Balaban J connectivity index is 1.47. The molecule has 2 amide bonds. The van der Waals surface area contributed by atoms with Crippen molar-refractivity contribution >= 4 is 38.4 Å². The van der Waals surface area contributed by atoms with Gasteiger partial charge in [0.25, 0.3) is 0 Å². The lowest BCUT2D eigenvalue weighted by Crippen LogP contribution is -2.52. The van der Waals surface area contributed by atoms with E-state index in [2.05, 4.69) is 38.4 Å². The molecule has 2 heterocycles. The Bertz CT molecular complexity index is 685. The molecule has 7 heteroatoms. The highest BCUT2D eigenvalue weighted by atomic mass is 79.9. The van der Waals surface area contributed by atoms with Crippen molar-refractivity contribution in [1.29, 1.82) is 0 Å². The number of benzene rings is 1. The summed E-state index contributed by atoms with van der Waals surface area (Å²) in [6, 6.07) is 8.16. The number of nitrogens with zero attached hydrogens (tertiary/aromatic N) is 2. The number of anilines is 1. The van der Waals surface area contributed by atoms with Crippen LogP contribution in [0.2, 0.25) is 0 Å². The number of hydrogen-bond donors (Lipinski definition) is 1. The highest BCUT2D eigenvalue weighted by Crippen LogP contribution is 2.26. The monoisotopic (exact) mass is 395 g/mol. The molecular formula is C16H18BrN3O2S. The summed E-state index contributed by atoms with van der Waals surface area (Å²) in [5, 5.41) is 5.36. The molecule has 3 rings (SSSR count). The molecule has 0 unspecified atom stereocenters. The van der Waals surface area contributed by atoms with Crippen LogP contribution in [0, 0.1) is 5.92 Å². The number of thiazole rings is 1. The number of halogens is 1. The van der Waals surface area contributed by atoms with Gasteiger partial charge in [-0.05, 0) is 24.0 Å². The average molecular weight is 396 g/mol. The maximum atomic E-state index is 12.2. The first-order valence-electron chi connectivity index (χ1n) is 7.38. The molecule has 1 aromatic heterocycles. The molecule has 0 saturated carbocycles. The highest BCUT2D eigenvalue weighted by molar-refractivity contribution is 9.10. The number of aromatic nitrogens is 1. The average Bonchev–Trinajstić information content (AvgIpc) is 2.91. The van der Waals surface area contributed by atoms with Gasteiger partial charge in [0.1, 0.15) is 0 Å². The molecule has 23 heavy (non-hydrogen) atoms. The summed E-state index contributed by atoms with van der Waals surface area (Å²) < 4.78 is 6.16. The number of carbonyl (C=O) groups is 1. The SMILES string of the molecule is COCc1csc(NC(=O)N2CC(Cc3ccccc3Br)C2)n1. The zero-order chi connectivity index (χ0) is 16.2. The summed E-state index contributed by atoms with van der Waals surface area (Å²) in [6.07, 6.45) is 0.987. The fourth-order valence-electron chi connectivity index (χ4n) is 2.59. The van der Waals surface area contributed by atoms with E-state index in [4.69, 9.17) is 4.74 Å². The van der Waals surface area contributed by atoms with Gasteiger partial charge >= 0.3 is 6.03 Å². The second kappa shape index (κ2) is 7.42. The van der Waals surface area contributed by atoms with E-state index in [0.717, 1.165) is 29.7 Å². The zero-order valence-corrected chi connectivity index (χ0v) is 15.2. The number of amides is 2. The summed E-state index contributed by atoms with van der Waals surface area (Å²) in [5.41, 5.74) is 2.13. The molecule has 0 aliphatic carbocycles. The van der Waals surface area contributed by atoms with Crippen molar-refractivity contribution in [2.45, 2.75) is 13.0 Å². The fraction of sp³-hybridized carbons (Fsp3) is 0.375. The van der Waals surface area contributed by atoms with Gasteiger partial charge in [0, 0.05) is 30.1 Å². The molecule has 0 atom stereocenters. The van der Waals surface area contributed by atoms with Gasteiger partial charge in [0.2, 0.25) is 0 Å². The lowest BCUT2D eigenvalue weighted by atomic mass is 9.92. The molecule has 0 spiro atoms. The van der Waals surface area contributed by atoms with Crippen LogP contribution in [-0.2, 0) is 17.8 Å². The molecule has 0 bridgehead atoms. The quantitative estimate of drug-likeness (QED) is 0.838. The first kappa shape index (κ1) is 16.4. The second-order valence-corrected chi connectivity index (χ2v) is 7.29. The molecule has 2 aromatic rings. The third kappa shape index (κ3) is 4.10. The zero-order valence-electron chi connectivity index (χ0n) is 12.8. The number of ether oxygens (including phenoxy) is 1. The van der Waals surface area contributed by atoms with E-state index in [0.29, 0.717) is 17.7 Å². The molecule has 1 N–H and O–H groups in total. The van der Waals surface area contributed by atoms with Crippen LogP contribution in [0.5, 0.6) is 0 Å². The number of hydrogen-bond acceptors (Lipinski definition) is 4. The van der Waals surface area contributed by atoms with Crippen LogP contribution in [0.15, 0.2) is 34.1 Å². The second-order valence-electron chi connectivity index (χ2n) is 5.57. The van der Waals surface area contributed by atoms with Crippen molar-refractivity contribution in [3.8, 4) is 0 Å². The van der Waals surface area contributed by atoms with Crippen molar-refractivity contribution in [2.75, 3.05) is 25.5 Å². The Morgan fingerprint density at radius 2 is 2.26 bits per heavy atom. The molecular weight excluding hydrogens is 378 g/mol. The van der Waals surface area contributed by atoms with Gasteiger partial charge in [-0.2, -0.15) is 0 Å². The van der Waals surface area contributed by atoms with E-state index in [1.54, 1.807) is 7.11 Å². The van der Waals surface area contributed by atoms with Crippen LogP contribution in [-0.4, -0.2) is 36.1 Å². The maximum absolute atomic E-state index is 12.2. The van der Waals surface area contributed by atoms with Gasteiger partial charge in [0.15, 0.2) is 5.13 Å². The van der Waals surface area contributed by atoms with Crippen LogP contribution in [0.1, 0.15) is 11.3 Å². The van der Waals surface area contributed by atoms with Crippen LogP contribution in [0.3, 0.4) is 0 Å². The molecule has 1 aliphatic heterocycles. The van der Waals surface area contributed by atoms with Crippen LogP contribution in [0.4, 0.5) is 9.93 Å². The molecule has 5 nitrogen and oxygen atoms in total. The molecule has 1 aliphatic rings. The smallest absolute Gasteiger partial charge is 0.323 e. The van der Waals surface area contributed by atoms with Crippen molar-refractivity contribution in [2.24, 2.45) is 5.92 Å². The topological polar surface area (TPSA) is 54.5 Å². The van der Waals surface area contributed by atoms with E-state index >= 15 is 0 Å². The summed E-state index contributed by atoms with van der Waals surface area (Å²) in [4.78, 5) is 18.3. The minimum Gasteiger partial charge on any atom is -0.378 e. The number of urea groups is 1. The lowest BCUT2D eigenvalue weighted by molar-refractivity contribution is 0.131. The van der Waals surface area contributed by atoms with Gasteiger partial charge in [0.05, 0.1) is 12.3 Å². The first-order valence-corrected chi connectivity index (χ1v) is 9.05. The minimum atomic E-state index is -0.0771. The van der Waals surface area contributed by atoms with Gasteiger partial charge in [-0.25, -0.2) is 9.78 Å². The molecule has 1 aromatic carbocycles. The minimum absolute atomic E-state index is 0.0771. The number of carbonyl (C=O) groups excluding carboxylic acids is 1. The van der Waals surface area contributed by atoms with E-state index in [1.165, 1.54) is 16.9 Å². The van der Waals surface area contributed by atoms with Gasteiger partial charge in [-0.3, -0.25) is 5.32 Å².